The van der Waals surface area contributed by atoms with Gasteiger partial charge in [0.1, 0.15) is 0 Å². The van der Waals surface area contributed by atoms with E-state index in [9.17, 15) is 4.79 Å². The molecule has 0 saturated carbocycles. The SMILES string of the molecule is CCCN(C(=O)c1ccc(-n2ccnc2)cc1)C1CCNCC1.Cl.Cl. The molecule has 1 aromatic carbocycles. The van der Waals surface area contributed by atoms with E-state index in [1.54, 1.807) is 12.5 Å². The zero-order chi connectivity index (χ0) is 16.1. The Balaban J connectivity index is 0.00000156. The Hall–Kier alpha value is -1.56. The first-order valence-corrected chi connectivity index (χ1v) is 8.39. The Labute approximate surface area is 161 Å². The predicted molar refractivity (Wildman–Crippen MR) is 105 cm³/mol. The number of carbonyl (C=O) groups excluding carboxylic acids is 1. The molecular weight excluding hydrogens is 359 g/mol. The highest BCUT2D eigenvalue weighted by Crippen LogP contribution is 2.17. The van der Waals surface area contributed by atoms with Crippen LogP contribution in [-0.2, 0) is 0 Å². The van der Waals surface area contributed by atoms with Crippen LogP contribution in [0.3, 0.4) is 0 Å². The van der Waals surface area contributed by atoms with Crippen LogP contribution in [0.15, 0.2) is 43.0 Å². The molecule has 0 radical (unpaired) electrons. The lowest BCUT2D eigenvalue weighted by molar-refractivity contribution is 0.0642. The lowest BCUT2D eigenvalue weighted by Crippen LogP contribution is -2.46. The third kappa shape index (κ3) is 5.21. The van der Waals surface area contributed by atoms with Crippen molar-refractivity contribution in [3.05, 3.63) is 48.5 Å². The molecular formula is C18H26Cl2N4O. The van der Waals surface area contributed by atoms with E-state index in [1.165, 1.54) is 0 Å². The predicted octanol–water partition coefficient (Wildman–Crippen LogP) is 3.32. The summed E-state index contributed by atoms with van der Waals surface area (Å²) in [5, 5.41) is 3.37. The summed E-state index contributed by atoms with van der Waals surface area (Å²) in [6.07, 6.45) is 8.48. The zero-order valence-electron chi connectivity index (χ0n) is 14.4. The number of piperidine rings is 1. The molecule has 5 nitrogen and oxygen atoms in total. The first kappa shape index (κ1) is 21.5. The Morgan fingerprint density at radius 2 is 1.92 bits per heavy atom. The van der Waals surface area contributed by atoms with Gasteiger partial charge in [-0.15, -0.1) is 24.8 Å². The molecule has 1 aliphatic rings. The van der Waals surface area contributed by atoms with Crippen LogP contribution in [0.5, 0.6) is 0 Å². The van der Waals surface area contributed by atoms with Crippen molar-refractivity contribution in [2.75, 3.05) is 19.6 Å². The minimum atomic E-state index is 0. The standard InChI is InChI=1S/C18H24N4O.2ClH/c1-2-12-22(17-7-9-19-10-8-17)18(23)15-3-5-16(6-4-15)21-13-11-20-14-21;;/h3-6,11,13-14,17,19H,2,7-10,12H2,1H3;2*1H. The average Bonchev–Trinajstić information content (AvgIpc) is 3.15. The molecule has 138 valence electrons. The first-order chi connectivity index (χ1) is 11.3. The number of hydrogen-bond donors (Lipinski definition) is 1. The van der Waals surface area contributed by atoms with Crippen LogP contribution in [0.1, 0.15) is 36.5 Å². The molecule has 0 unspecified atom stereocenters. The molecule has 0 spiro atoms. The van der Waals surface area contributed by atoms with E-state index in [0.29, 0.717) is 6.04 Å². The average molecular weight is 385 g/mol. The highest BCUT2D eigenvalue weighted by Gasteiger charge is 2.25. The van der Waals surface area contributed by atoms with Crippen molar-refractivity contribution in [1.29, 1.82) is 0 Å². The van der Waals surface area contributed by atoms with Crippen LogP contribution in [0.4, 0.5) is 0 Å². The second kappa shape index (κ2) is 10.4. The molecule has 1 aliphatic heterocycles. The summed E-state index contributed by atoms with van der Waals surface area (Å²) in [6, 6.07) is 8.14. The van der Waals surface area contributed by atoms with Crippen LogP contribution in [0.2, 0.25) is 0 Å². The Kier molecular flexibility index (Phi) is 8.97. The Morgan fingerprint density at radius 1 is 1.24 bits per heavy atom. The number of imidazole rings is 1. The molecule has 1 aromatic heterocycles. The number of amides is 1. The summed E-state index contributed by atoms with van der Waals surface area (Å²) < 4.78 is 1.94. The van der Waals surface area contributed by atoms with Crippen LogP contribution >= 0.6 is 24.8 Å². The maximum atomic E-state index is 12.9. The van der Waals surface area contributed by atoms with Gasteiger partial charge in [-0.05, 0) is 56.6 Å². The molecule has 2 heterocycles. The lowest BCUT2D eigenvalue weighted by atomic mass is 10.0. The molecule has 7 heteroatoms. The van der Waals surface area contributed by atoms with Gasteiger partial charge in [-0.1, -0.05) is 6.92 Å². The monoisotopic (exact) mass is 384 g/mol. The molecule has 2 aromatic rings. The van der Waals surface area contributed by atoms with Gasteiger partial charge in [-0.25, -0.2) is 4.98 Å². The fourth-order valence-corrected chi connectivity index (χ4v) is 3.16. The molecule has 0 atom stereocenters. The van der Waals surface area contributed by atoms with Gasteiger partial charge >= 0.3 is 0 Å². The van der Waals surface area contributed by atoms with Crippen LogP contribution in [0.25, 0.3) is 5.69 Å². The summed E-state index contributed by atoms with van der Waals surface area (Å²) in [4.78, 5) is 19.0. The van der Waals surface area contributed by atoms with E-state index in [0.717, 1.165) is 50.1 Å². The van der Waals surface area contributed by atoms with Crippen LogP contribution < -0.4 is 5.32 Å². The van der Waals surface area contributed by atoms with Gasteiger partial charge in [0, 0.05) is 36.2 Å². The third-order valence-corrected chi connectivity index (χ3v) is 4.39. The number of halogens is 2. The minimum absolute atomic E-state index is 0. The lowest BCUT2D eigenvalue weighted by Gasteiger charge is -2.34. The van der Waals surface area contributed by atoms with Gasteiger partial charge in [-0.2, -0.15) is 0 Å². The topological polar surface area (TPSA) is 50.2 Å². The van der Waals surface area contributed by atoms with Gasteiger partial charge in [0.25, 0.3) is 5.91 Å². The number of carbonyl (C=O) groups is 1. The Bertz CT molecular complexity index is 625. The fourth-order valence-electron chi connectivity index (χ4n) is 3.16. The molecule has 1 amide bonds. The van der Waals surface area contributed by atoms with Gasteiger partial charge in [0.05, 0.1) is 6.33 Å². The molecule has 1 N–H and O–H groups in total. The molecule has 1 fully saturated rings. The van der Waals surface area contributed by atoms with Crippen molar-refractivity contribution >= 4 is 30.7 Å². The highest BCUT2D eigenvalue weighted by atomic mass is 35.5. The number of nitrogens with one attached hydrogen (secondary N) is 1. The van der Waals surface area contributed by atoms with E-state index in [-0.39, 0.29) is 30.7 Å². The summed E-state index contributed by atoms with van der Waals surface area (Å²) in [5.41, 5.74) is 1.78. The summed E-state index contributed by atoms with van der Waals surface area (Å²) in [5.74, 6) is 0.149. The van der Waals surface area contributed by atoms with Crippen LogP contribution in [0, 0.1) is 0 Å². The van der Waals surface area contributed by atoms with Gasteiger partial charge in [0.15, 0.2) is 0 Å². The molecule has 1 saturated heterocycles. The van der Waals surface area contributed by atoms with Crippen molar-refractivity contribution in [2.45, 2.75) is 32.2 Å². The largest absolute Gasteiger partial charge is 0.336 e. The van der Waals surface area contributed by atoms with Crippen molar-refractivity contribution in [2.24, 2.45) is 0 Å². The number of benzene rings is 1. The number of aromatic nitrogens is 2. The second-order valence-electron chi connectivity index (χ2n) is 6.00. The van der Waals surface area contributed by atoms with Crippen LogP contribution in [-0.4, -0.2) is 46.0 Å². The number of rotatable bonds is 5. The molecule has 0 bridgehead atoms. The summed E-state index contributed by atoms with van der Waals surface area (Å²) in [7, 11) is 0. The van der Waals surface area contributed by atoms with E-state index < -0.39 is 0 Å². The van der Waals surface area contributed by atoms with Crippen molar-refractivity contribution in [1.82, 2.24) is 19.8 Å². The third-order valence-electron chi connectivity index (χ3n) is 4.39. The van der Waals surface area contributed by atoms with E-state index in [1.807, 2.05) is 35.0 Å². The van der Waals surface area contributed by atoms with Gasteiger partial charge < -0.3 is 14.8 Å². The fraction of sp³-hybridized carbons (Fsp3) is 0.444. The maximum absolute atomic E-state index is 12.9. The van der Waals surface area contributed by atoms with Crippen molar-refractivity contribution in [3.8, 4) is 5.69 Å². The van der Waals surface area contributed by atoms with E-state index >= 15 is 0 Å². The molecule has 3 rings (SSSR count). The summed E-state index contributed by atoms with van der Waals surface area (Å²) >= 11 is 0. The minimum Gasteiger partial charge on any atom is -0.336 e. The van der Waals surface area contributed by atoms with Gasteiger partial charge in [0.2, 0.25) is 0 Å². The first-order valence-electron chi connectivity index (χ1n) is 8.39. The highest BCUT2D eigenvalue weighted by molar-refractivity contribution is 5.94. The molecule has 25 heavy (non-hydrogen) atoms. The van der Waals surface area contributed by atoms with Crippen molar-refractivity contribution in [3.63, 3.8) is 0 Å². The van der Waals surface area contributed by atoms with E-state index in [4.69, 9.17) is 0 Å². The number of nitrogens with zero attached hydrogens (tertiary/aromatic N) is 3. The molecule has 0 aliphatic carbocycles. The van der Waals surface area contributed by atoms with E-state index in [2.05, 4.69) is 22.1 Å². The second-order valence-corrected chi connectivity index (χ2v) is 6.00. The summed E-state index contributed by atoms with van der Waals surface area (Å²) in [6.45, 7) is 4.95. The maximum Gasteiger partial charge on any atom is 0.254 e. The van der Waals surface area contributed by atoms with Gasteiger partial charge in [-0.3, -0.25) is 4.79 Å². The van der Waals surface area contributed by atoms with Crippen molar-refractivity contribution < 1.29 is 4.79 Å². The normalized spacial score (nSPS) is 14.3. The smallest absolute Gasteiger partial charge is 0.254 e. The number of hydrogen-bond acceptors (Lipinski definition) is 3. The Morgan fingerprint density at radius 3 is 2.48 bits per heavy atom. The quantitative estimate of drug-likeness (QED) is 0.859. The zero-order valence-corrected chi connectivity index (χ0v) is 16.1.